The summed E-state index contributed by atoms with van der Waals surface area (Å²) in [4.78, 5) is 0. The molecule has 2 heteroatoms. The first-order chi connectivity index (χ1) is 8.87. The Bertz CT molecular complexity index is 447. The Kier molecular flexibility index (Phi) is 4.73. The molecule has 19 heavy (non-hydrogen) atoms. The lowest BCUT2D eigenvalue weighted by Crippen LogP contribution is -2.31. The van der Waals surface area contributed by atoms with Crippen molar-refractivity contribution in [2.75, 3.05) is 6.54 Å². The van der Waals surface area contributed by atoms with Crippen molar-refractivity contribution in [2.24, 2.45) is 5.41 Å². The molecule has 0 atom stereocenters. The van der Waals surface area contributed by atoms with E-state index < -0.39 is 0 Å². The second kappa shape index (κ2) is 5.97. The molecule has 1 nitrogen and oxygen atoms in total. The highest BCUT2D eigenvalue weighted by atomic mass is 79.9. The molecular weight excluding hydrogens is 298 g/mol. The zero-order valence-electron chi connectivity index (χ0n) is 12.6. The molecule has 0 bridgehead atoms. The molecule has 1 saturated carbocycles. The number of aryl methyl sites for hydroxylation is 3. The van der Waals surface area contributed by atoms with Gasteiger partial charge in [-0.15, -0.1) is 0 Å². The Labute approximate surface area is 126 Å². The quantitative estimate of drug-likeness (QED) is 0.794. The van der Waals surface area contributed by atoms with Gasteiger partial charge in [0.1, 0.15) is 0 Å². The smallest absolute Gasteiger partial charge is 0.0207 e. The Morgan fingerprint density at radius 1 is 1.21 bits per heavy atom. The molecule has 1 aromatic rings. The lowest BCUT2D eigenvalue weighted by molar-refractivity contribution is 0.313. The normalized spacial score (nSPS) is 15.8. The maximum absolute atomic E-state index is 3.66. The van der Waals surface area contributed by atoms with Gasteiger partial charge < -0.3 is 5.32 Å². The van der Waals surface area contributed by atoms with Crippen LogP contribution in [0.15, 0.2) is 16.6 Å². The SMILES string of the molecule is Cc1cc(CCC(C)(C)CNC2CC2)c(C)cc1Br. The van der Waals surface area contributed by atoms with E-state index in [9.17, 15) is 0 Å². The van der Waals surface area contributed by atoms with Crippen LogP contribution in [0.25, 0.3) is 0 Å². The first-order valence-electron chi connectivity index (χ1n) is 7.36. The van der Waals surface area contributed by atoms with Crippen molar-refractivity contribution in [1.82, 2.24) is 5.32 Å². The maximum Gasteiger partial charge on any atom is 0.0207 e. The molecule has 1 N–H and O–H groups in total. The van der Waals surface area contributed by atoms with Crippen molar-refractivity contribution in [2.45, 2.75) is 59.4 Å². The summed E-state index contributed by atoms with van der Waals surface area (Å²) < 4.78 is 1.23. The van der Waals surface area contributed by atoms with E-state index in [0.717, 1.165) is 12.6 Å². The van der Waals surface area contributed by atoms with Crippen LogP contribution in [0, 0.1) is 19.3 Å². The van der Waals surface area contributed by atoms with Crippen molar-refractivity contribution in [3.63, 3.8) is 0 Å². The number of benzene rings is 1. The van der Waals surface area contributed by atoms with Gasteiger partial charge in [0.05, 0.1) is 0 Å². The van der Waals surface area contributed by atoms with Gasteiger partial charge in [0, 0.05) is 17.1 Å². The van der Waals surface area contributed by atoms with Gasteiger partial charge in [-0.2, -0.15) is 0 Å². The van der Waals surface area contributed by atoms with Crippen LogP contribution >= 0.6 is 15.9 Å². The van der Waals surface area contributed by atoms with Crippen LogP contribution in [0.4, 0.5) is 0 Å². The lowest BCUT2D eigenvalue weighted by Gasteiger charge is -2.25. The molecule has 0 radical (unpaired) electrons. The molecule has 0 saturated heterocycles. The van der Waals surface area contributed by atoms with Crippen molar-refractivity contribution < 1.29 is 0 Å². The zero-order valence-corrected chi connectivity index (χ0v) is 14.2. The highest BCUT2D eigenvalue weighted by molar-refractivity contribution is 9.10. The molecule has 0 heterocycles. The summed E-state index contributed by atoms with van der Waals surface area (Å²) in [5, 5.41) is 3.66. The summed E-state index contributed by atoms with van der Waals surface area (Å²) in [6.45, 7) is 10.3. The van der Waals surface area contributed by atoms with E-state index in [4.69, 9.17) is 0 Å². The molecule has 2 rings (SSSR count). The number of rotatable bonds is 6. The van der Waals surface area contributed by atoms with Gasteiger partial charge in [0.15, 0.2) is 0 Å². The number of hydrogen-bond acceptors (Lipinski definition) is 1. The summed E-state index contributed by atoms with van der Waals surface area (Å²) >= 11 is 3.61. The van der Waals surface area contributed by atoms with Crippen LogP contribution < -0.4 is 5.32 Å². The predicted octanol–water partition coefficient (Wildman–Crippen LogP) is 4.78. The molecule has 0 aliphatic heterocycles. The first-order valence-corrected chi connectivity index (χ1v) is 8.16. The fourth-order valence-corrected chi connectivity index (χ4v) is 2.84. The minimum absolute atomic E-state index is 0.385. The summed E-state index contributed by atoms with van der Waals surface area (Å²) in [5.41, 5.74) is 4.63. The van der Waals surface area contributed by atoms with E-state index in [2.05, 4.69) is 61.1 Å². The van der Waals surface area contributed by atoms with Gasteiger partial charge in [0.2, 0.25) is 0 Å². The summed E-state index contributed by atoms with van der Waals surface area (Å²) in [6, 6.07) is 5.40. The monoisotopic (exact) mass is 323 g/mol. The molecule has 0 aromatic heterocycles. The van der Waals surface area contributed by atoms with E-state index in [1.807, 2.05) is 0 Å². The summed E-state index contributed by atoms with van der Waals surface area (Å²) in [7, 11) is 0. The third kappa shape index (κ3) is 4.61. The number of nitrogens with one attached hydrogen (secondary N) is 1. The third-order valence-electron chi connectivity index (χ3n) is 4.13. The zero-order chi connectivity index (χ0) is 14.0. The summed E-state index contributed by atoms with van der Waals surface area (Å²) in [6.07, 6.45) is 5.18. The molecule has 0 spiro atoms. The second-order valence-corrected chi connectivity index (χ2v) is 7.70. The number of hydrogen-bond donors (Lipinski definition) is 1. The minimum atomic E-state index is 0.385. The van der Waals surface area contributed by atoms with E-state index in [-0.39, 0.29) is 0 Å². The molecular formula is C17H26BrN. The van der Waals surface area contributed by atoms with Gasteiger partial charge in [-0.3, -0.25) is 0 Å². The van der Waals surface area contributed by atoms with Crippen LogP contribution in [0.5, 0.6) is 0 Å². The van der Waals surface area contributed by atoms with Gasteiger partial charge in [-0.05, 0) is 67.7 Å². The average molecular weight is 324 g/mol. The lowest BCUT2D eigenvalue weighted by atomic mass is 9.85. The molecule has 1 aromatic carbocycles. The Morgan fingerprint density at radius 3 is 2.53 bits per heavy atom. The first kappa shape index (κ1) is 15.1. The Balaban J connectivity index is 1.91. The van der Waals surface area contributed by atoms with Crippen LogP contribution in [-0.2, 0) is 6.42 Å². The van der Waals surface area contributed by atoms with E-state index in [1.54, 1.807) is 0 Å². The van der Waals surface area contributed by atoms with Crippen LogP contribution in [0.2, 0.25) is 0 Å². The predicted molar refractivity (Wildman–Crippen MR) is 86.7 cm³/mol. The van der Waals surface area contributed by atoms with E-state index in [0.29, 0.717) is 5.41 Å². The number of halogens is 1. The fraction of sp³-hybridized carbons (Fsp3) is 0.647. The molecule has 0 unspecified atom stereocenters. The maximum atomic E-state index is 3.66. The van der Waals surface area contributed by atoms with Crippen molar-refractivity contribution in [3.8, 4) is 0 Å². The molecule has 106 valence electrons. The van der Waals surface area contributed by atoms with Gasteiger partial charge in [0.25, 0.3) is 0 Å². The molecule has 1 aliphatic rings. The van der Waals surface area contributed by atoms with E-state index in [1.165, 1.54) is 46.8 Å². The van der Waals surface area contributed by atoms with Crippen LogP contribution in [0.1, 0.15) is 49.8 Å². The molecule has 1 aliphatic carbocycles. The largest absolute Gasteiger partial charge is 0.313 e. The Hall–Kier alpha value is -0.340. The van der Waals surface area contributed by atoms with Gasteiger partial charge >= 0.3 is 0 Å². The van der Waals surface area contributed by atoms with Gasteiger partial charge in [-0.1, -0.05) is 35.8 Å². The minimum Gasteiger partial charge on any atom is -0.313 e. The molecule has 1 fully saturated rings. The average Bonchev–Trinajstić information content (AvgIpc) is 3.14. The highest BCUT2D eigenvalue weighted by Crippen LogP contribution is 2.28. The second-order valence-electron chi connectivity index (χ2n) is 6.85. The fourth-order valence-electron chi connectivity index (χ4n) is 2.38. The highest BCUT2D eigenvalue weighted by Gasteiger charge is 2.25. The van der Waals surface area contributed by atoms with Crippen molar-refractivity contribution in [3.05, 3.63) is 33.3 Å². The third-order valence-corrected chi connectivity index (χ3v) is 4.99. The molecule has 0 amide bonds. The van der Waals surface area contributed by atoms with Crippen LogP contribution in [-0.4, -0.2) is 12.6 Å². The van der Waals surface area contributed by atoms with E-state index >= 15 is 0 Å². The standard InChI is InChI=1S/C17H26BrN/c1-12-10-16(18)13(2)9-14(12)7-8-17(3,4)11-19-15-5-6-15/h9-10,15,19H,5-8,11H2,1-4H3. The van der Waals surface area contributed by atoms with Crippen molar-refractivity contribution in [1.29, 1.82) is 0 Å². The van der Waals surface area contributed by atoms with Gasteiger partial charge in [-0.25, -0.2) is 0 Å². The topological polar surface area (TPSA) is 12.0 Å². The van der Waals surface area contributed by atoms with Crippen LogP contribution in [0.3, 0.4) is 0 Å². The summed E-state index contributed by atoms with van der Waals surface area (Å²) in [5.74, 6) is 0. The Morgan fingerprint density at radius 2 is 1.89 bits per heavy atom. The van der Waals surface area contributed by atoms with Crippen molar-refractivity contribution >= 4 is 15.9 Å².